The van der Waals surface area contributed by atoms with Crippen LogP contribution in [0.25, 0.3) is 0 Å². The molecule has 0 saturated carbocycles. The molecule has 0 spiro atoms. The van der Waals surface area contributed by atoms with Crippen LogP contribution >= 0.6 is 0 Å². The lowest BCUT2D eigenvalue weighted by Gasteiger charge is -2.14. The van der Waals surface area contributed by atoms with Gasteiger partial charge in [0.05, 0.1) is 0 Å². The standard InChI is InChI=1S/C18H38O4/c1-4-6-10-18(5-2)17-22-16-9-15-21-14-8-13-20-12-7-11-19-3/h18H,4-17H2,1-3H3. The van der Waals surface area contributed by atoms with E-state index >= 15 is 0 Å². The van der Waals surface area contributed by atoms with Crippen molar-refractivity contribution in [2.24, 2.45) is 5.92 Å². The van der Waals surface area contributed by atoms with E-state index < -0.39 is 0 Å². The Balaban J connectivity index is 3.13. The predicted octanol–water partition coefficient (Wildman–Crippen LogP) is 4.07. The lowest BCUT2D eigenvalue weighted by molar-refractivity contribution is 0.0498. The molecule has 0 radical (unpaired) electrons. The maximum Gasteiger partial charge on any atom is 0.0494 e. The molecule has 134 valence electrons. The van der Waals surface area contributed by atoms with Crippen LogP contribution in [0.5, 0.6) is 0 Å². The van der Waals surface area contributed by atoms with Crippen LogP contribution in [0.1, 0.15) is 58.8 Å². The summed E-state index contributed by atoms with van der Waals surface area (Å²) >= 11 is 0. The smallest absolute Gasteiger partial charge is 0.0494 e. The van der Waals surface area contributed by atoms with E-state index in [1.54, 1.807) is 7.11 Å². The van der Waals surface area contributed by atoms with Crippen LogP contribution < -0.4 is 0 Å². The average molecular weight is 318 g/mol. The minimum Gasteiger partial charge on any atom is -0.385 e. The van der Waals surface area contributed by atoms with Gasteiger partial charge in [-0.05, 0) is 31.6 Å². The zero-order chi connectivity index (χ0) is 16.3. The third-order valence-electron chi connectivity index (χ3n) is 3.69. The van der Waals surface area contributed by atoms with Crippen LogP contribution in [0.2, 0.25) is 0 Å². The van der Waals surface area contributed by atoms with Crippen molar-refractivity contribution in [2.45, 2.75) is 58.8 Å². The molecule has 0 rings (SSSR count). The number of ether oxygens (including phenoxy) is 4. The largest absolute Gasteiger partial charge is 0.385 e. The number of hydrogen-bond donors (Lipinski definition) is 0. The molecule has 0 N–H and O–H groups in total. The molecule has 0 aliphatic carbocycles. The number of methoxy groups -OCH3 is 1. The Hall–Kier alpha value is -0.160. The van der Waals surface area contributed by atoms with Gasteiger partial charge in [0.25, 0.3) is 0 Å². The highest BCUT2D eigenvalue weighted by atomic mass is 16.5. The third-order valence-corrected chi connectivity index (χ3v) is 3.69. The van der Waals surface area contributed by atoms with Crippen molar-refractivity contribution in [3.63, 3.8) is 0 Å². The molecule has 1 atom stereocenters. The van der Waals surface area contributed by atoms with Gasteiger partial charge in [-0.15, -0.1) is 0 Å². The molecule has 4 nitrogen and oxygen atoms in total. The topological polar surface area (TPSA) is 36.9 Å². The van der Waals surface area contributed by atoms with Gasteiger partial charge in [0.15, 0.2) is 0 Å². The van der Waals surface area contributed by atoms with Crippen LogP contribution in [0, 0.1) is 5.92 Å². The van der Waals surface area contributed by atoms with Crippen molar-refractivity contribution in [3.05, 3.63) is 0 Å². The van der Waals surface area contributed by atoms with E-state index in [-0.39, 0.29) is 0 Å². The van der Waals surface area contributed by atoms with Gasteiger partial charge < -0.3 is 18.9 Å². The van der Waals surface area contributed by atoms with Gasteiger partial charge in [0.2, 0.25) is 0 Å². The zero-order valence-corrected chi connectivity index (χ0v) is 15.1. The molecule has 0 fully saturated rings. The van der Waals surface area contributed by atoms with Gasteiger partial charge in [-0.25, -0.2) is 0 Å². The molecule has 0 heterocycles. The van der Waals surface area contributed by atoms with E-state index in [0.29, 0.717) is 0 Å². The van der Waals surface area contributed by atoms with Crippen molar-refractivity contribution < 1.29 is 18.9 Å². The number of unbranched alkanes of at least 4 members (excludes halogenated alkanes) is 1. The molecule has 0 aromatic heterocycles. The lowest BCUT2D eigenvalue weighted by atomic mass is 10.0. The molecule has 0 aromatic carbocycles. The van der Waals surface area contributed by atoms with E-state index in [4.69, 9.17) is 18.9 Å². The normalized spacial score (nSPS) is 12.7. The SMILES string of the molecule is CCCCC(CC)COCCCOCCCOCCCOC. The summed E-state index contributed by atoms with van der Waals surface area (Å²) in [4.78, 5) is 0. The first-order valence-electron chi connectivity index (χ1n) is 9.07. The molecule has 0 saturated heterocycles. The van der Waals surface area contributed by atoms with Gasteiger partial charge in [-0.2, -0.15) is 0 Å². The van der Waals surface area contributed by atoms with Crippen molar-refractivity contribution in [1.82, 2.24) is 0 Å². The highest BCUT2D eigenvalue weighted by Crippen LogP contribution is 2.12. The summed E-state index contributed by atoms with van der Waals surface area (Å²) < 4.78 is 21.7. The Morgan fingerprint density at radius 1 is 0.682 bits per heavy atom. The van der Waals surface area contributed by atoms with Crippen LogP contribution in [0.3, 0.4) is 0 Å². The van der Waals surface area contributed by atoms with Crippen LogP contribution in [0.15, 0.2) is 0 Å². The van der Waals surface area contributed by atoms with Crippen LogP contribution in [0.4, 0.5) is 0 Å². The summed E-state index contributed by atoms with van der Waals surface area (Å²) in [5.41, 5.74) is 0. The van der Waals surface area contributed by atoms with Gasteiger partial charge in [-0.3, -0.25) is 0 Å². The fourth-order valence-electron chi connectivity index (χ4n) is 2.18. The highest BCUT2D eigenvalue weighted by molar-refractivity contribution is 4.55. The minimum atomic E-state index is 0.733. The minimum absolute atomic E-state index is 0.733. The summed E-state index contributed by atoms with van der Waals surface area (Å²) in [5.74, 6) is 0.733. The van der Waals surface area contributed by atoms with Crippen LogP contribution in [-0.2, 0) is 18.9 Å². The van der Waals surface area contributed by atoms with E-state index in [2.05, 4.69) is 13.8 Å². The predicted molar refractivity (Wildman–Crippen MR) is 91.5 cm³/mol. The molecular weight excluding hydrogens is 280 g/mol. The zero-order valence-electron chi connectivity index (χ0n) is 15.1. The van der Waals surface area contributed by atoms with E-state index in [9.17, 15) is 0 Å². The molecule has 0 aliphatic rings. The fraction of sp³-hybridized carbons (Fsp3) is 1.00. The quantitative estimate of drug-likeness (QED) is 0.357. The monoisotopic (exact) mass is 318 g/mol. The average Bonchev–Trinajstić information content (AvgIpc) is 2.54. The number of hydrogen-bond acceptors (Lipinski definition) is 4. The van der Waals surface area contributed by atoms with E-state index in [1.165, 1.54) is 25.7 Å². The van der Waals surface area contributed by atoms with E-state index in [0.717, 1.165) is 71.4 Å². The Morgan fingerprint density at radius 2 is 1.23 bits per heavy atom. The molecule has 1 unspecified atom stereocenters. The Labute approximate surface area is 137 Å². The molecule has 0 aromatic rings. The first-order chi connectivity index (χ1) is 10.8. The second-order valence-corrected chi connectivity index (χ2v) is 5.77. The van der Waals surface area contributed by atoms with Gasteiger partial charge in [0.1, 0.15) is 0 Å². The van der Waals surface area contributed by atoms with Crippen LogP contribution in [-0.4, -0.2) is 53.4 Å². The van der Waals surface area contributed by atoms with Gasteiger partial charge in [-0.1, -0.05) is 33.1 Å². The van der Waals surface area contributed by atoms with E-state index in [1.807, 2.05) is 0 Å². The second kappa shape index (κ2) is 18.9. The molecule has 4 heteroatoms. The lowest BCUT2D eigenvalue weighted by Crippen LogP contribution is -2.11. The summed E-state index contributed by atoms with van der Waals surface area (Å²) in [6, 6.07) is 0. The third kappa shape index (κ3) is 16.2. The molecular formula is C18H38O4. The molecule has 0 bridgehead atoms. The molecule has 22 heavy (non-hydrogen) atoms. The second-order valence-electron chi connectivity index (χ2n) is 5.77. The summed E-state index contributed by atoms with van der Waals surface area (Å²) in [7, 11) is 1.71. The van der Waals surface area contributed by atoms with Crippen molar-refractivity contribution in [1.29, 1.82) is 0 Å². The maximum absolute atomic E-state index is 5.75. The van der Waals surface area contributed by atoms with Crippen molar-refractivity contribution in [2.75, 3.05) is 53.4 Å². The summed E-state index contributed by atoms with van der Waals surface area (Å²) in [6.07, 6.45) is 8.03. The van der Waals surface area contributed by atoms with Gasteiger partial charge in [0, 0.05) is 53.4 Å². The molecule has 0 amide bonds. The first kappa shape index (κ1) is 21.8. The highest BCUT2D eigenvalue weighted by Gasteiger charge is 2.05. The summed E-state index contributed by atoms with van der Waals surface area (Å²) in [5, 5.41) is 0. The first-order valence-corrected chi connectivity index (χ1v) is 9.07. The Kier molecular flexibility index (Phi) is 18.8. The van der Waals surface area contributed by atoms with Gasteiger partial charge >= 0.3 is 0 Å². The van der Waals surface area contributed by atoms with Crippen molar-refractivity contribution in [3.8, 4) is 0 Å². The Morgan fingerprint density at radius 3 is 1.73 bits per heavy atom. The maximum atomic E-state index is 5.75. The van der Waals surface area contributed by atoms with Crippen molar-refractivity contribution >= 4 is 0 Å². The summed E-state index contributed by atoms with van der Waals surface area (Å²) in [6.45, 7) is 10.1. The molecule has 0 aliphatic heterocycles. The number of rotatable bonds is 18. The Bertz CT molecular complexity index is 200. The fourth-order valence-corrected chi connectivity index (χ4v) is 2.18.